The molecule has 2 rings (SSSR count). The minimum absolute atomic E-state index is 0.354. The van der Waals surface area contributed by atoms with Crippen LogP contribution in [0.15, 0.2) is 24.3 Å². The zero-order valence-corrected chi connectivity index (χ0v) is 11.8. The van der Waals surface area contributed by atoms with Crippen LogP contribution in [0.4, 0.5) is 4.39 Å². The number of carboxylic acid groups (broad SMARTS) is 1. The summed E-state index contributed by atoms with van der Waals surface area (Å²) in [5.74, 6) is -1.82. The number of benzene rings is 1. The van der Waals surface area contributed by atoms with Crippen LogP contribution in [-0.2, 0) is 19.7 Å². The average molecular weight is 295 g/mol. The molecular weight excluding hydrogens is 277 g/mol. The highest BCUT2D eigenvalue weighted by Crippen LogP contribution is 2.35. The van der Waals surface area contributed by atoms with Crippen LogP contribution in [0.5, 0.6) is 0 Å². The van der Waals surface area contributed by atoms with Gasteiger partial charge in [0.1, 0.15) is 11.9 Å². The van der Waals surface area contributed by atoms with E-state index in [4.69, 9.17) is 9.84 Å². The first-order chi connectivity index (χ1) is 9.95. The van der Waals surface area contributed by atoms with Gasteiger partial charge in [0, 0.05) is 13.2 Å². The minimum atomic E-state index is -1.09. The van der Waals surface area contributed by atoms with Crippen LogP contribution in [-0.4, -0.2) is 36.2 Å². The maximum absolute atomic E-state index is 13.1. The Hall–Kier alpha value is -1.95. The van der Waals surface area contributed by atoms with Crippen molar-refractivity contribution >= 4 is 11.9 Å². The number of ether oxygens (including phenoxy) is 1. The SMILES string of the molecule is C[C@H](NC(=O)C1(c2ccc(F)cc2)CCOCC1)C(=O)O. The number of carbonyl (C=O) groups is 2. The predicted octanol–water partition coefficient (Wildman–Crippen LogP) is 1.46. The van der Waals surface area contributed by atoms with Crippen LogP contribution in [0, 0.1) is 5.82 Å². The van der Waals surface area contributed by atoms with Crippen LogP contribution in [0.2, 0.25) is 0 Å². The standard InChI is InChI=1S/C15H18FNO4/c1-10(13(18)19)17-14(20)15(6-8-21-9-7-15)11-2-4-12(16)5-3-11/h2-5,10H,6-9H2,1H3,(H,17,20)(H,18,19)/t10-/m0/s1. The lowest BCUT2D eigenvalue weighted by Crippen LogP contribution is -2.52. The average Bonchev–Trinajstić information content (AvgIpc) is 2.48. The summed E-state index contributed by atoms with van der Waals surface area (Å²) in [4.78, 5) is 23.5. The van der Waals surface area contributed by atoms with Gasteiger partial charge in [-0.25, -0.2) is 4.39 Å². The zero-order valence-electron chi connectivity index (χ0n) is 11.8. The fraction of sp³-hybridized carbons (Fsp3) is 0.467. The molecule has 1 saturated heterocycles. The van der Waals surface area contributed by atoms with Gasteiger partial charge in [-0.1, -0.05) is 12.1 Å². The molecule has 6 heteroatoms. The minimum Gasteiger partial charge on any atom is -0.480 e. The van der Waals surface area contributed by atoms with Gasteiger partial charge in [-0.2, -0.15) is 0 Å². The van der Waals surface area contributed by atoms with E-state index in [1.807, 2.05) is 0 Å². The summed E-state index contributed by atoms with van der Waals surface area (Å²) in [6.07, 6.45) is 0.883. The van der Waals surface area contributed by atoms with Gasteiger partial charge in [0.15, 0.2) is 0 Å². The summed E-state index contributed by atoms with van der Waals surface area (Å²) in [7, 11) is 0. The molecule has 0 bridgehead atoms. The van der Waals surface area contributed by atoms with Gasteiger partial charge in [0.05, 0.1) is 5.41 Å². The topological polar surface area (TPSA) is 75.6 Å². The summed E-state index contributed by atoms with van der Waals surface area (Å²) in [6, 6.07) is 4.79. The molecule has 1 aromatic carbocycles. The number of nitrogens with one attached hydrogen (secondary N) is 1. The van der Waals surface area contributed by atoms with Crippen molar-refractivity contribution in [3.8, 4) is 0 Å². The number of rotatable bonds is 4. The number of hydrogen-bond acceptors (Lipinski definition) is 3. The molecule has 1 atom stereocenters. The first-order valence-electron chi connectivity index (χ1n) is 6.83. The molecule has 0 spiro atoms. The van der Waals surface area contributed by atoms with Crippen molar-refractivity contribution < 1.29 is 23.8 Å². The van der Waals surface area contributed by atoms with E-state index >= 15 is 0 Å². The molecule has 0 aliphatic carbocycles. The van der Waals surface area contributed by atoms with Crippen molar-refractivity contribution in [2.45, 2.75) is 31.2 Å². The lowest BCUT2D eigenvalue weighted by Gasteiger charge is -2.36. The van der Waals surface area contributed by atoms with Crippen molar-refractivity contribution in [3.63, 3.8) is 0 Å². The number of aliphatic carboxylic acids is 1. The third-order valence-corrected chi connectivity index (χ3v) is 3.90. The summed E-state index contributed by atoms with van der Waals surface area (Å²) < 4.78 is 18.4. The normalized spacial score (nSPS) is 18.8. The lowest BCUT2D eigenvalue weighted by molar-refractivity contribution is -0.143. The van der Waals surface area contributed by atoms with Gasteiger partial charge in [0.25, 0.3) is 0 Å². The maximum atomic E-state index is 13.1. The van der Waals surface area contributed by atoms with E-state index in [1.54, 1.807) is 12.1 Å². The van der Waals surface area contributed by atoms with E-state index in [-0.39, 0.29) is 11.7 Å². The molecule has 21 heavy (non-hydrogen) atoms. The van der Waals surface area contributed by atoms with E-state index < -0.39 is 17.4 Å². The fourth-order valence-corrected chi connectivity index (χ4v) is 2.53. The van der Waals surface area contributed by atoms with Gasteiger partial charge in [-0.3, -0.25) is 9.59 Å². The lowest BCUT2D eigenvalue weighted by atomic mass is 9.73. The van der Waals surface area contributed by atoms with Crippen molar-refractivity contribution in [1.82, 2.24) is 5.32 Å². The third kappa shape index (κ3) is 3.21. The number of carboxylic acids is 1. The Morgan fingerprint density at radius 1 is 1.29 bits per heavy atom. The molecule has 1 amide bonds. The number of hydrogen-bond donors (Lipinski definition) is 2. The monoisotopic (exact) mass is 295 g/mol. The Morgan fingerprint density at radius 2 is 1.86 bits per heavy atom. The fourth-order valence-electron chi connectivity index (χ4n) is 2.53. The molecule has 114 valence electrons. The highest BCUT2D eigenvalue weighted by atomic mass is 19.1. The molecule has 0 radical (unpaired) electrons. The van der Waals surface area contributed by atoms with Crippen LogP contribution >= 0.6 is 0 Å². The molecule has 2 N–H and O–H groups in total. The van der Waals surface area contributed by atoms with Crippen molar-refractivity contribution in [2.24, 2.45) is 0 Å². The van der Waals surface area contributed by atoms with Crippen LogP contribution < -0.4 is 5.32 Å². The second-order valence-electron chi connectivity index (χ2n) is 5.23. The second kappa shape index (κ2) is 6.22. The van der Waals surface area contributed by atoms with Crippen molar-refractivity contribution in [2.75, 3.05) is 13.2 Å². The van der Waals surface area contributed by atoms with E-state index in [2.05, 4.69) is 5.32 Å². The summed E-state index contributed by atoms with van der Waals surface area (Å²) in [5.41, 5.74) is -0.183. The molecule has 1 fully saturated rings. The molecule has 5 nitrogen and oxygen atoms in total. The number of halogens is 1. The van der Waals surface area contributed by atoms with Crippen molar-refractivity contribution in [3.05, 3.63) is 35.6 Å². The number of carbonyl (C=O) groups excluding carboxylic acids is 1. The van der Waals surface area contributed by atoms with Crippen LogP contribution in [0.3, 0.4) is 0 Å². The molecule has 0 unspecified atom stereocenters. The van der Waals surface area contributed by atoms with Crippen LogP contribution in [0.25, 0.3) is 0 Å². The molecule has 0 aromatic heterocycles. The first-order valence-corrected chi connectivity index (χ1v) is 6.83. The Labute approximate surface area is 122 Å². The molecule has 1 aliphatic rings. The predicted molar refractivity (Wildman–Crippen MR) is 73.4 cm³/mol. The summed E-state index contributed by atoms with van der Waals surface area (Å²) in [5, 5.41) is 11.4. The van der Waals surface area contributed by atoms with E-state index in [9.17, 15) is 14.0 Å². The molecule has 0 saturated carbocycles. The molecule has 1 aromatic rings. The van der Waals surface area contributed by atoms with Gasteiger partial charge >= 0.3 is 5.97 Å². The van der Waals surface area contributed by atoms with Gasteiger partial charge < -0.3 is 15.2 Å². The maximum Gasteiger partial charge on any atom is 0.325 e. The molecular formula is C15H18FNO4. The Balaban J connectivity index is 2.30. The third-order valence-electron chi connectivity index (χ3n) is 3.90. The van der Waals surface area contributed by atoms with E-state index in [0.717, 1.165) is 0 Å². The molecule has 1 heterocycles. The Morgan fingerprint density at radius 3 is 2.38 bits per heavy atom. The second-order valence-corrected chi connectivity index (χ2v) is 5.23. The number of amides is 1. The van der Waals surface area contributed by atoms with Crippen LogP contribution in [0.1, 0.15) is 25.3 Å². The quantitative estimate of drug-likeness (QED) is 0.882. The van der Waals surface area contributed by atoms with Crippen molar-refractivity contribution in [1.29, 1.82) is 0 Å². The first kappa shape index (κ1) is 15.4. The molecule has 1 aliphatic heterocycles. The summed E-state index contributed by atoms with van der Waals surface area (Å²) >= 11 is 0. The van der Waals surface area contributed by atoms with Gasteiger partial charge in [-0.15, -0.1) is 0 Å². The Bertz CT molecular complexity index is 523. The summed E-state index contributed by atoms with van der Waals surface area (Å²) in [6.45, 7) is 2.23. The zero-order chi connectivity index (χ0) is 15.5. The Kier molecular flexibility index (Phi) is 4.57. The van der Waals surface area contributed by atoms with E-state index in [1.165, 1.54) is 19.1 Å². The highest BCUT2D eigenvalue weighted by molar-refractivity contribution is 5.91. The van der Waals surface area contributed by atoms with E-state index in [0.29, 0.717) is 31.6 Å². The van der Waals surface area contributed by atoms with Gasteiger partial charge in [-0.05, 0) is 37.5 Å². The smallest absolute Gasteiger partial charge is 0.325 e. The largest absolute Gasteiger partial charge is 0.480 e. The van der Waals surface area contributed by atoms with Gasteiger partial charge in [0.2, 0.25) is 5.91 Å². The highest BCUT2D eigenvalue weighted by Gasteiger charge is 2.42.